The maximum atomic E-state index is 13.3. The van der Waals surface area contributed by atoms with E-state index in [9.17, 15) is 19.3 Å². The van der Waals surface area contributed by atoms with Gasteiger partial charge in [-0.1, -0.05) is 11.8 Å². The van der Waals surface area contributed by atoms with Gasteiger partial charge in [0.05, 0.1) is 10.5 Å². The number of hydrogen-bond donors (Lipinski definition) is 1. The zero-order valence-electron chi connectivity index (χ0n) is 10.2. The van der Waals surface area contributed by atoms with Gasteiger partial charge in [0.1, 0.15) is 5.82 Å². The molecule has 5 nitrogen and oxygen atoms in total. The molecule has 2 rings (SSSR count). The van der Waals surface area contributed by atoms with Crippen molar-refractivity contribution in [2.24, 2.45) is 0 Å². The van der Waals surface area contributed by atoms with Crippen LogP contribution in [0.5, 0.6) is 0 Å². The molecule has 0 heterocycles. The van der Waals surface area contributed by atoms with Crippen molar-refractivity contribution in [1.82, 2.24) is 0 Å². The highest BCUT2D eigenvalue weighted by Gasteiger charge is 2.13. The van der Waals surface area contributed by atoms with Crippen molar-refractivity contribution in [2.75, 3.05) is 0 Å². The Balaban J connectivity index is 2.32. The van der Waals surface area contributed by atoms with Crippen molar-refractivity contribution >= 4 is 46.0 Å². The number of hydrogen-bond acceptors (Lipinski definition) is 4. The number of halogens is 2. The lowest BCUT2D eigenvalue weighted by Gasteiger charge is -2.06. The minimum atomic E-state index is -1.34. The Hall–Kier alpha value is -1.68. The van der Waals surface area contributed by atoms with Crippen LogP contribution in [0.15, 0.2) is 46.2 Å². The zero-order chi connectivity index (χ0) is 15.6. The molecule has 0 aromatic heterocycles. The van der Waals surface area contributed by atoms with Gasteiger partial charge >= 0.3 is 5.97 Å². The number of carboxylic acid groups (broad SMARTS) is 1. The predicted octanol–water partition coefficient (Wildman–Crippen LogP) is 4.19. The molecule has 0 aliphatic heterocycles. The molecule has 21 heavy (non-hydrogen) atoms. The molecular weight excluding hydrogens is 412 g/mol. The first-order valence-electron chi connectivity index (χ1n) is 5.53. The van der Waals surface area contributed by atoms with Crippen LogP contribution in [0.25, 0.3) is 0 Å². The summed E-state index contributed by atoms with van der Waals surface area (Å²) < 4.78 is 14.0. The number of non-ortho nitro benzene ring substituents is 1. The van der Waals surface area contributed by atoms with E-state index in [1.54, 1.807) is 6.07 Å². The summed E-state index contributed by atoms with van der Waals surface area (Å²) in [6, 6.07) is 8.15. The smallest absolute Gasteiger partial charge is 0.338 e. The number of benzene rings is 2. The first-order chi connectivity index (χ1) is 9.88. The summed E-state index contributed by atoms with van der Waals surface area (Å²) in [5, 5.41) is 19.6. The van der Waals surface area contributed by atoms with Crippen LogP contribution in [0.1, 0.15) is 10.4 Å². The van der Waals surface area contributed by atoms with E-state index in [4.69, 9.17) is 5.11 Å². The Bertz CT molecular complexity index is 738. The molecule has 8 heteroatoms. The molecule has 0 saturated heterocycles. The fourth-order valence-corrected chi connectivity index (χ4v) is 3.23. The molecule has 0 amide bonds. The Morgan fingerprint density at radius 3 is 2.57 bits per heavy atom. The number of nitrogens with zero attached hydrogens (tertiary/aromatic N) is 1. The third-order valence-electron chi connectivity index (χ3n) is 2.52. The summed E-state index contributed by atoms with van der Waals surface area (Å²) in [4.78, 5) is 22.3. The Labute approximate surface area is 136 Å². The predicted molar refractivity (Wildman–Crippen MR) is 83.3 cm³/mol. The molecule has 0 bridgehead atoms. The SMILES string of the molecule is O=C(O)c1cc(Sc2ccc([N+](=O)[O-])cc2I)ccc1F. The average molecular weight is 419 g/mol. The highest BCUT2D eigenvalue weighted by atomic mass is 127. The number of carbonyl (C=O) groups is 1. The van der Waals surface area contributed by atoms with Crippen LogP contribution in [-0.2, 0) is 0 Å². The van der Waals surface area contributed by atoms with E-state index < -0.39 is 22.3 Å². The van der Waals surface area contributed by atoms with Crippen LogP contribution in [0.2, 0.25) is 0 Å². The summed E-state index contributed by atoms with van der Waals surface area (Å²) in [5.41, 5.74) is -0.425. The quantitative estimate of drug-likeness (QED) is 0.457. The minimum Gasteiger partial charge on any atom is -0.478 e. The van der Waals surface area contributed by atoms with Gasteiger partial charge in [0.2, 0.25) is 0 Å². The summed E-state index contributed by atoms with van der Waals surface area (Å²) >= 11 is 3.17. The molecule has 0 aliphatic rings. The molecule has 0 radical (unpaired) electrons. The number of carboxylic acids is 1. The van der Waals surface area contributed by atoms with Crippen molar-refractivity contribution in [3.63, 3.8) is 0 Å². The van der Waals surface area contributed by atoms with Crippen molar-refractivity contribution in [3.8, 4) is 0 Å². The molecule has 0 fully saturated rings. The van der Waals surface area contributed by atoms with Gasteiger partial charge in [-0.25, -0.2) is 9.18 Å². The highest BCUT2D eigenvalue weighted by molar-refractivity contribution is 14.1. The van der Waals surface area contributed by atoms with Crippen molar-refractivity contribution < 1.29 is 19.2 Å². The Kier molecular flexibility index (Phi) is 4.78. The van der Waals surface area contributed by atoms with E-state index in [-0.39, 0.29) is 5.69 Å². The summed E-state index contributed by atoms with van der Waals surface area (Å²) in [5.74, 6) is -2.14. The van der Waals surface area contributed by atoms with E-state index in [0.717, 1.165) is 11.0 Å². The van der Waals surface area contributed by atoms with Gasteiger partial charge in [-0.15, -0.1) is 0 Å². The third-order valence-corrected chi connectivity index (χ3v) is 4.85. The topological polar surface area (TPSA) is 80.4 Å². The average Bonchev–Trinajstić information content (AvgIpc) is 2.42. The zero-order valence-corrected chi connectivity index (χ0v) is 13.2. The second-order valence-electron chi connectivity index (χ2n) is 3.92. The van der Waals surface area contributed by atoms with E-state index >= 15 is 0 Å². The standard InChI is InChI=1S/C13H7FINO4S/c14-10-3-2-8(6-9(10)13(17)18)21-12-4-1-7(16(19)20)5-11(12)15/h1-6H,(H,17,18). The van der Waals surface area contributed by atoms with Gasteiger partial charge in [0.25, 0.3) is 5.69 Å². The molecule has 2 aromatic rings. The summed E-state index contributed by atoms with van der Waals surface area (Å²) in [6.45, 7) is 0. The second-order valence-corrected chi connectivity index (χ2v) is 6.20. The second kappa shape index (κ2) is 6.39. The maximum absolute atomic E-state index is 13.3. The number of nitro groups is 1. The molecule has 2 aromatic carbocycles. The fourth-order valence-electron chi connectivity index (χ4n) is 1.54. The van der Waals surface area contributed by atoms with Crippen LogP contribution < -0.4 is 0 Å². The van der Waals surface area contributed by atoms with E-state index in [1.807, 2.05) is 22.6 Å². The third kappa shape index (κ3) is 3.70. The molecule has 108 valence electrons. The van der Waals surface area contributed by atoms with Gasteiger partial charge < -0.3 is 5.11 Å². The van der Waals surface area contributed by atoms with Crippen LogP contribution in [0.3, 0.4) is 0 Å². The van der Waals surface area contributed by atoms with Gasteiger partial charge in [0, 0.05) is 25.5 Å². The number of nitro benzene ring substituents is 1. The first-order valence-corrected chi connectivity index (χ1v) is 7.42. The van der Waals surface area contributed by atoms with Gasteiger partial charge in [-0.2, -0.15) is 0 Å². The highest BCUT2D eigenvalue weighted by Crippen LogP contribution is 2.34. The van der Waals surface area contributed by atoms with Crippen molar-refractivity contribution in [3.05, 3.63) is 61.5 Å². The Morgan fingerprint density at radius 2 is 2.00 bits per heavy atom. The lowest BCUT2D eigenvalue weighted by atomic mass is 10.2. The molecule has 0 spiro atoms. The minimum absolute atomic E-state index is 0.0194. The fraction of sp³-hybridized carbons (Fsp3) is 0. The monoisotopic (exact) mass is 419 g/mol. The first kappa shape index (κ1) is 15.7. The van der Waals surface area contributed by atoms with Crippen LogP contribution >= 0.6 is 34.4 Å². The Morgan fingerprint density at radius 1 is 1.29 bits per heavy atom. The largest absolute Gasteiger partial charge is 0.478 e. The van der Waals surface area contributed by atoms with Crippen LogP contribution in [0, 0.1) is 19.5 Å². The van der Waals surface area contributed by atoms with Crippen LogP contribution in [0.4, 0.5) is 10.1 Å². The van der Waals surface area contributed by atoms with Crippen molar-refractivity contribution in [1.29, 1.82) is 0 Å². The van der Waals surface area contributed by atoms with E-state index in [0.29, 0.717) is 8.47 Å². The molecule has 0 atom stereocenters. The van der Waals surface area contributed by atoms with E-state index in [2.05, 4.69) is 0 Å². The maximum Gasteiger partial charge on any atom is 0.338 e. The van der Waals surface area contributed by atoms with Gasteiger partial charge in [-0.3, -0.25) is 10.1 Å². The lowest BCUT2D eigenvalue weighted by Crippen LogP contribution is -2.00. The number of aromatic carboxylic acids is 1. The normalized spacial score (nSPS) is 10.4. The lowest BCUT2D eigenvalue weighted by molar-refractivity contribution is -0.385. The van der Waals surface area contributed by atoms with Crippen molar-refractivity contribution in [2.45, 2.75) is 9.79 Å². The van der Waals surface area contributed by atoms with Gasteiger partial charge in [-0.05, 0) is 46.9 Å². The molecule has 0 aliphatic carbocycles. The molecular formula is C13H7FINO4S. The van der Waals surface area contributed by atoms with E-state index in [1.165, 1.54) is 36.0 Å². The summed E-state index contributed by atoms with van der Waals surface area (Å²) in [7, 11) is 0. The summed E-state index contributed by atoms with van der Waals surface area (Å²) in [6.07, 6.45) is 0. The number of rotatable bonds is 4. The molecule has 1 N–H and O–H groups in total. The molecule has 0 unspecified atom stereocenters. The molecule has 0 saturated carbocycles. The van der Waals surface area contributed by atoms with Crippen LogP contribution in [-0.4, -0.2) is 16.0 Å². The van der Waals surface area contributed by atoms with Gasteiger partial charge in [0.15, 0.2) is 0 Å².